The van der Waals surface area contributed by atoms with E-state index in [1.54, 1.807) is 0 Å². The van der Waals surface area contributed by atoms with Gasteiger partial charge in [0, 0.05) is 12.0 Å². The van der Waals surface area contributed by atoms with Gasteiger partial charge in [0.1, 0.15) is 21.4 Å². The number of thioether (sulfide) groups is 1. The summed E-state index contributed by atoms with van der Waals surface area (Å²) in [5.41, 5.74) is -0.0816. The fourth-order valence-electron chi connectivity index (χ4n) is 1.18. The molecule has 0 aromatic heterocycles. The topological polar surface area (TPSA) is 71.4 Å². The van der Waals surface area contributed by atoms with Crippen LogP contribution in [0, 0.1) is 5.82 Å². The van der Waals surface area contributed by atoms with Gasteiger partial charge in [0.05, 0.1) is 17.1 Å². The second kappa shape index (κ2) is 6.19. The van der Waals surface area contributed by atoms with Gasteiger partial charge in [0.2, 0.25) is 0 Å². The van der Waals surface area contributed by atoms with Crippen molar-refractivity contribution in [3.05, 3.63) is 29.6 Å². The molecular weight excluding hydrogens is 279 g/mol. The number of hydrogen-bond acceptors (Lipinski definition) is 5. The molecule has 0 atom stereocenters. The van der Waals surface area contributed by atoms with E-state index in [1.165, 1.54) is 0 Å². The summed E-state index contributed by atoms with van der Waals surface area (Å²) in [6.45, 7) is 0. The van der Waals surface area contributed by atoms with Crippen LogP contribution >= 0.6 is 11.8 Å². The molecule has 4 nitrogen and oxygen atoms in total. The molecule has 1 aromatic carbocycles. The summed E-state index contributed by atoms with van der Waals surface area (Å²) in [6.07, 6.45) is 1.12. The van der Waals surface area contributed by atoms with E-state index in [2.05, 4.69) is 0 Å². The van der Waals surface area contributed by atoms with Crippen LogP contribution in [0.25, 0.3) is 0 Å². The summed E-state index contributed by atoms with van der Waals surface area (Å²) in [7, 11) is -3.04. The third-order valence-electron chi connectivity index (χ3n) is 2.09. The number of carbonyl (C=O) groups excluding carboxylic acids is 1. The molecule has 18 heavy (non-hydrogen) atoms. The van der Waals surface area contributed by atoms with Crippen molar-refractivity contribution < 1.29 is 22.7 Å². The van der Waals surface area contributed by atoms with E-state index in [0.717, 1.165) is 36.2 Å². The molecule has 1 N–H and O–H groups in total. The Hall–Kier alpha value is -1.08. The van der Waals surface area contributed by atoms with Gasteiger partial charge in [-0.05, 0) is 18.2 Å². The number of Topliss-reactive ketones (excluding diaryl/α,β-unsaturated/α-hetero) is 1. The van der Waals surface area contributed by atoms with Crippen LogP contribution in [-0.2, 0) is 9.84 Å². The summed E-state index contributed by atoms with van der Waals surface area (Å²) in [5, 5.41) is 9.40. The molecule has 1 rings (SSSR count). The van der Waals surface area contributed by atoms with E-state index in [4.69, 9.17) is 0 Å². The highest BCUT2D eigenvalue weighted by Gasteiger charge is 2.12. The van der Waals surface area contributed by atoms with Crippen LogP contribution in [0.4, 0.5) is 4.39 Å². The van der Waals surface area contributed by atoms with E-state index >= 15 is 0 Å². The largest absolute Gasteiger partial charge is 0.507 e. The molecule has 0 heterocycles. The summed E-state index contributed by atoms with van der Waals surface area (Å²) in [4.78, 5) is 11.6. The number of phenols is 1. The zero-order valence-electron chi connectivity index (χ0n) is 9.72. The Labute approximate surface area is 109 Å². The minimum absolute atomic E-state index is 0.00648. The minimum atomic E-state index is -3.04. The summed E-state index contributed by atoms with van der Waals surface area (Å²) in [6, 6.07) is 3.14. The Morgan fingerprint density at radius 1 is 1.44 bits per heavy atom. The first-order valence-corrected chi connectivity index (χ1v) is 8.28. The van der Waals surface area contributed by atoms with Crippen LogP contribution in [0.5, 0.6) is 5.75 Å². The van der Waals surface area contributed by atoms with Gasteiger partial charge in [-0.25, -0.2) is 12.8 Å². The molecule has 0 aliphatic heterocycles. The van der Waals surface area contributed by atoms with Crippen LogP contribution < -0.4 is 0 Å². The molecule has 0 bridgehead atoms. The Bertz CT molecular complexity index is 540. The Kier molecular flexibility index (Phi) is 5.15. The maximum absolute atomic E-state index is 12.9. The highest BCUT2D eigenvalue weighted by atomic mass is 32.2. The monoisotopic (exact) mass is 292 g/mol. The van der Waals surface area contributed by atoms with Crippen molar-refractivity contribution in [3.8, 4) is 5.75 Å². The number of aromatic hydroxyl groups is 1. The molecule has 0 saturated heterocycles. The van der Waals surface area contributed by atoms with E-state index in [1.807, 2.05) is 0 Å². The van der Waals surface area contributed by atoms with Crippen LogP contribution in [0.3, 0.4) is 0 Å². The molecule has 0 aliphatic rings. The second-order valence-electron chi connectivity index (χ2n) is 3.77. The smallest absolute Gasteiger partial charge is 0.176 e. The number of ketones is 1. The predicted molar refractivity (Wildman–Crippen MR) is 69.4 cm³/mol. The van der Waals surface area contributed by atoms with Crippen molar-refractivity contribution in [2.45, 2.75) is 0 Å². The maximum Gasteiger partial charge on any atom is 0.176 e. The lowest BCUT2D eigenvalue weighted by Crippen LogP contribution is -2.08. The van der Waals surface area contributed by atoms with Crippen LogP contribution in [0.2, 0.25) is 0 Å². The number of benzene rings is 1. The first-order chi connectivity index (χ1) is 8.29. The number of halogens is 1. The number of sulfone groups is 1. The number of carbonyl (C=O) groups is 1. The lowest BCUT2D eigenvalue weighted by molar-refractivity contribution is 0.101. The molecular formula is C11H13FO4S2. The van der Waals surface area contributed by atoms with Crippen LogP contribution in [0.15, 0.2) is 18.2 Å². The van der Waals surface area contributed by atoms with E-state index < -0.39 is 21.4 Å². The molecule has 7 heteroatoms. The Morgan fingerprint density at radius 3 is 2.72 bits per heavy atom. The SMILES string of the molecule is CS(=O)(=O)CCSCC(=O)c1cc(F)ccc1O. The zero-order valence-corrected chi connectivity index (χ0v) is 11.4. The van der Waals surface area contributed by atoms with Crippen molar-refractivity contribution in [3.63, 3.8) is 0 Å². The average molecular weight is 292 g/mol. The molecule has 0 unspecified atom stereocenters. The lowest BCUT2D eigenvalue weighted by Gasteiger charge is -2.04. The third-order valence-corrected chi connectivity index (χ3v) is 4.25. The quantitative estimate of drug-likeness (QED) is 0.635. The van der Waals surface area contributed by atoms with Crippen molar-refractivity contribution in [2.24, 2.45) is 0 Å². The molecule has 0 saturated carbocycles. The molecule has 1 aromatic rings. The summed E-state index contributed by atoms with van der Waals surface area (Å²) < 4.78 is 34.6. The summed E-state index contributed by atoms with van der Waals surface area (Å²) in [5.74, 6) is -1.01. The molecule has 0 radical (unpaired) electrons. The van der Waals surface area contributed by atoms with Gasteiger partial charge >= 0.3 is 0 Å². The zero-order chi connectivity index (χ0) is 13.8. The molecule has 0 fully saturated rings. The minimum Gasteiger partial charge on any atom is -0.507 e. The van der Waals surface area contributed by atoms with Gasteiger partial charge < -0.3 is 5.11 Å². The predicted octanol–water partition coefficient (Wildman–Crippen LogP) is 1.49. The third kappa shape index (κ3) is 5.05. The normalized spacial score (nSPS) is 11.4. The fourth-order valence-corrected chi connectivity index (χ4v) is 3.35. The van der Waals surface area contributed by atoms with Gasteiger partial charge in [-0.2, -0.15) is 11.8 Å². The first-order valence-electron chi connectivity index (χ1n) is 5.07. The number of rotatable bonds is 6. The molecule has 0 spiro atoms. The first kappa shape index (κ1) is 15.0. The average Bonchev–Trinajstić information content (AvgIpc) is 2.26. The van der Waals surface area contributed by atoms with Crippen LogP contribution in [0.1, 0.15) is 10.4 Å². The number of hydrogen-bond donors (Lipinski definition) is 1. The van der Waals surface area contributed by atoms with Gasteiger partial charge in [-0.15, -0.1) is 0 Å². The Balaban J connectivity index is 2.53. The van der Waals surface area contributed by atoms with Crippen LogP contribution in [-0.4, -0.2) is 42.8 Å². The number of phenolic OH excluding ortho intramolecular Hbond substituents is 1. The molecule has 100 valence electrons. The van der Waals surface area contributed by atoms with E-state index in [-0.39, 0.29) is 22.8 Å². The van der Waals surface area contributed by atoms with Gasteiger partial charge in [-0.1, -0.05) is 0 Å². The van der Waals surface area contributed by atoms with Gasteiger partial charge in [0.25, 0.3) is 0 Å². The Morgan fingerprint density at radius 2 is 2.11 bits per heavy atom. The molecule has 0 aliphatic carbocycles. The van der Waals surface area contributed by atoms with Crippen molar-refractivity contribution in [1.29, 1.82) is 0 Å². The lowest BCUT2D eigenvalue weighted by atomic mass is 10.1. The second-order valence-corrected chi connectivity index (χ2v) is 7.13. The highest BCUT2D eigenvalue weighted by Crippen LogP contribution is 2.20. The highest BCUT2D eigenvalue weighted by molar-refractivity contribution is 8.01. The standard InChI is InChI=1S/C11H13FO4S2/c1-18(15,16)5-4-17-7-11(14)9-6-8(12)2-3-10(9)13/h2-3,6,13H,4-5,7H2,1H3. The van der Waals surface area contributed by atoms with E-state index in [0.29, 0.717) is 5.75 Å². The van der Waals surface area contributed by atoms with Gasteiger partial charge in [0.15, 0.2) is 5.78 Å². The van der Waals surface area contributed by atoms with Crippen molar-refractivity contribution in [2.75, 3.05) is 23.5 Å². The summed E-state index contributed by atoms with van der Waals surface area (Å²) >= 11 is 1.14. The fraction of sp³-hybridized carbons (Fsp3) is 0.364. The molecule has 0 amide bonds. The van der Waals surface area contributed by atoms with Crippen molar-refractivity contribution in [1.82, 2.24) is 0 Å². The van der Waals surface area contributed by atoms with Gasteiger partial charge in [-0.3, -0.25) is 4.79 Å². The van der Waals surface area contributed by atoms with E-state index in [9.17, 15) is 22.7 Å². The van der Waals surface area contributed by atoms with Crippen molar-refractivity contribution >= 4 is 27.4 Å². The maximum atomic E-state index is 12.9.